The van der Waals surface area contributed by atoms with Gasteiger partial charge in [-0.15, -0.1) is 0 Å². The van der Waals surface area contributed by atoms with Gasteiger partial charge in [0.2, 0.25) is 0 Å². The number of hydrogen-bond donors (Lipinski definition) is 1. The minimum atomic E-state index is -0.153. The average Bonchev–Trinajstić information content (AvgIpc) is 2.64. The van der Waals surface area contributed by atoms with Crippen LogP contribution in [0.5, 0.6) is 17.2 Å². The van der Waals surface area contributed by atoms with Crippen LogP contribution in [0, 0.1) is 0 Å². The number of amides is 1. The van der Waals surface area contributed by atoms with Crippen LogP contribution in [0.2, 0.25) is 0 Å². The first-order chi connectivity index (χ1) is 11.7. The van der Waals surface area contributed by atoms with Crippen LogP contribution >= 0.6 is 0 Å². The van der Waals surface area contributed by atoms with E-state index in [4.69, 9.17) is 14.2 Å². The summed E-state index contributed by atoms with van der Waals surface area (Å²) in [6.07, 6.45) is 1.67. The molecule has 0 bridgehead atoms. The Morgan fingerprint density at radius 1 is 1.08 bits per heavy atom. The fraction of sp³-hybridized carbons (Fsp3) is 0.211. The van der Waals surface area contributed by atoms with Gasteiger partial charge in [-0.25, -0.2) is 0 Å². The Bertz CT molecular complexity index is 695. The third kappa shape index (κ3) is 4.52. The molecule has 0 aromatic heterocycles. The average molecular weight is 327 g/mol. The van der Waals surface area contributed by atoms with Crippen LogP contribution in [-0.2, 0) is 6.54 Å². The molecule has 0 heterocycles. The maximum Gasteiger partial charge on any atom is 0.251 e. The maximum atomic E-state index is 12.2. The van der Waals surface area contributed by atoms with E-state index in [0.717, 1.165) is 5.56 Å². The Labute approximate surface area is 141 Å². The first-order valence-electron chi connectivity index (χ1n) is 7.50. The van der Waals surface area contributed by atoms with Gasteiger partial charge in [-0.2, -0.15) is 0 Å². The minimum Gasteiger partial charge on any atom is -0.493 e. The van der Waals surface area contributed by atoms with Crippen molar-refractivity contribution in [2.24, 2.45) is 0 Å². The molecule has 126 valence electrons. The summed E-state index contributed by atoms with van der Waals surface area (Å²) < 4.78 is 15.8. The van der Waals surface area contributed by atoms with Gasteiger partial charge in [-0.3, -0.25) is 4.79 Å². The molecule has 0 atom stereocenters. The lowest BCUT2D eigenvalue weighted by atomic mass is 10.1. The molecule has 0 aliphatic heterocycles. The van der Waals surface area contributed by atoms with Gasteiger partial charge in [-0.05, 0) is 42.0 Å². The normalized spacial score (nSPS) is 9.92. The summed E-state index contributed by atoms with van der Waals surface area (Å²) in [6.45, 7) is 4.42. The molecule has 1 amide bonds. The van der Waals surface area contributed by atoms with Gasteiger partial charge in [0, 0.05) is 12.1 Å². The first kappa shape index (κ1) is 17.4. The largest absolute Gasteiger partial charge is 0.493 e. The number of rotatable bonds is 8. The predicted octanol–water partition coefficient (Wildman–Crippen LogP) is 3.20. The van der Waals surface area contributed by atoms with Gasteiger partial charge in [0.1, 0.15) is 12.4 Å². The van der Waals surface area contributed by atoms with Gasteiger partial charge in [0.25, 0.3) is 5.91 Å². The summed E-state index contributed by atoms with van der Waals surface area (Å²) in [5.74, 6) is 1.84. The quantitative estimate of drug-likeness (QED) is 0.757. The molecule has 1 N–H and O–H groups in total. The summed E-state index contributed by atoms with van der Waals surface area (Å²) >= 11 is 0. The summed E-state index contributed by atoms with van der Waals surface area (Å²) in [7, 11) is 3.16. The Balaban J connectivity index is 1.96. The van der Waals surface area contributed by atoms with E-state index in [1.165, 1.54) is 0 Å². The van der Waals surface area contributed by atoms with Crippen LogP contribution in [0.15, 0.2) is 55.1 Å². The number of carbonyl (C=O) groups is 1. The zero-order chi connectivity index (χ0) is 17.4. The van der Waals surface area contributed by atoms with E-state index >= 15 is 0 Å². The standard InChI is InChI=1S/C19H21NO4/c1-4-11-24-16-8-6-15(7-9-16)19(21)20-13-14-5-10-17(22-2)18(12-14)23-3/h4-10,12H,1,11,13H2,2-3H3,(H,20,21). The highest BCUT2D eigenvalue weighted by atomic mass is 16.5. The number of methoxy groups -OCH3 is 2. The minimum absolute atomic E-state index is 0.153. The van der Waals surface area contributed by atoms with Crippen molar-refractivity contribution in [2.45, 2.75) is 6.54 Å². The number of ether oxygens (including phenoxy) is 3. The van der Waals surface area contributed by atoms with Crippen molar-refractivity contribution in [3.8, 4) is 17.2 Å². The number of benzene rings is 2. The Morgan fingerprint density at radius 2 is 1.79 bits per heavy atom. The van der Waals surface area contributed by atoms with Crippen LogP contribution in [-0.4, -0.2) is 26.7 Å². The van der Waals surface area contributed by atoms with E-state index in [-0.39, 0.29) is 5.91 Å². The topological polar surface area (TPSA) is 56.8 Å². The van der Waals surface area contributed by atoms with Crippen LogP contribution in [0.25, 0.3) is 0 Å². The molecular weight excluding hydrogens is 306 g/mol. The SMILES string of the molecule is C=CCOc1ccc(C(=O)NCc2ccc(OC)c(OC)c2)cc1. The fourth-order valence-corrected chi connectivity index (χ4v) is 2.13. The van der Waals surface area contributed by atoms with Crippen molar-refractivity contribution in [1.82, 2.24) is 5.32 Å². The van der Waals surface area contributed by atoms with Gasteiger partial charge >= 0.3 is 0 Å². The highest BCUT2D eigenvalue weighted by Gasteiger charge is 2.08. The molecule has 2 aromatic carbocycles. The smallest absolute Gasteiger partial charge is 0.251 e. The molecule has 0 saturated carbocycles. The first-order valence-corrected chi connectivity index (χ1v) is 7.50. The van der Waals surface area contributed by atoms with E-state index < -0.39 is 0 Å². The van der Waals surface area contributed by atoms with Crippen molar-refractivity contribution >= 4 is 5.91 Å². The van der Waals surface area contributed by atoms with Crippen LogP contribution in [0.1, 0.15) is 15.9 Å². The van der Waals surface area contributed by atoms with Crippen molar-refractivity contribution in [2.75, 3.05) is 20.8 Å². The van der Waals surface area contributed by atoms with E-state index in [1.807, 2.05) is 18.2 Å². The lowest BCUT2D eigenvalue weighted by molar-refractivity contribution is 0.0951. The molecule has 0 aliphatic carbocycles. The van der Waals surface area contributed by atoms with Crippen LogP contribution < -0.4 is 19.5 Å². The summed E-state index contributed by atoms with van der Waals surface area (Å²) in [6, 6.07) is 12.5. The van der Waals surface area contributed by atoms with Gasteiger partial charge in [-0.1, -0.05) is 18.7 Å². The van der Waals surface area contributed by atoms with E-state index in [0.29, 0.717) is 36.0 Å². The molecular formula is C19H21NO4. The molecule has 5 heteroatoms. The number of hydrogen-bond acceptors (Lipinski definition) is 4. The molecule has 2 rings (SSSR count). The lowest BCUT2D eigenvalue weighted by Crippen LogP contribution is -2.22. The predicted molar refractivity (Wildman–Crippen MR) is 92.9 cm³/mol. The van der Waals surface area contributed by atoms with Crippen molar-refractivity contribution < 1.29 is 19.0 Å². The van der Waals surface area contributed by atoms with Gasteiger partial charge in [0.15, 0.2) is 11.5 Å². The monoisotopic (exact) mass is 327 g/mol. The molecule has 5 nitrogen and oxygen atoms in total. The molecule has 0 fully saturated rings. The molecule has 24 heavy (non-hydrogen) atoms. The van der Waals surface area contributed by atoms with E-state index in [9.17, 15) is 4.79 Å². The molecule has 0 saturated heterocycles. The van der Waals surface area contributed by atoms with E-state index in [2.05, 4.69) is 11.9 Å². The number of nitrogens with one attached hydrogen (secondary N) is 1. The van der Waals surface area contributed by atoms with Crippen LogP contribution in [0.4, 0.5) is 0 Å². The van der Waals surface area contributed by atoms with Crippen LogP contribution in [0.3, 0.4) is 0 Å². The molecule has 0 aliphatic rings. The lowest BCUT2D eigenvalue weighted by Gasteiger charge is -2.10. The third-order valence-corrected chi connectivity index (χ3v) is 3.39. The second-order valence-electron chi connectivity index (χ2n) is 5.00. The summed E-state index contributed by atoms with van der Waals surface area (Å²) in [5, 5.41) is 2.87. The summed E-state index contributed by atoms with van der Waals surface area (Å²) in [5.41, 5.74) is 1.49. The highest BCUT2D eigenvalue weighted by Crippen LogP contribution is 2.27. The molecule has 0 unspecified atom stereocenters. The molecule has 2 aromatic rings. The Hall–Kier alpha value is -2.95. The van der Waals surface area contributed by atoms with Crippen molar-refractivity contribution in [1.29, 1.82) is 0 Å². The zero-order valence-corrected chi connectivity index (χ0v) is 13.9. The third-order valence-electron chi connectivity index (χ3n) is 3.39. The zero-order valence-electron chi connectivity index (χ0n) is 13.9. The second-order valence-corrected chi connectivity index (χ2v) is 5.00. The van der Waals surface area contributed by atoms with Crippen molar-refractivity contribution in [3.05, 3.63) is 66.2 Å². The maximum absolute atomic E-state index is 12.2. The molecule has 0 radical (unpaired) electrons. The van der Waals surface area contributed by atoms with Gasteiger partial charge < -0.3 is 19.5 Å². The summed E-state index contributed by atoms with van der Waals surface area (Å²) in [4.78, 5) is 12.2. The highest BCUT2D eigenvalue weighted by molar-refractivity contribution is 5.94. The van der Waals surface area contributed by atoms with Crippen molar-refractivity contribution in [3.63, 3.8) is 0 Å². The van der Waals surface area contributed by atoms with Gasteiger partial charge in [0.05, 0.1) is 14.2 Å². The Kier molecular flexibility index (Phi) is 6.25. The fourth-order valence-electron chi connectivity index (χ4n) is 2.13. The molecule has 0 spiro atoms. The number of carbonyl (C=O) groups excluding carboxylic acids is 1. The second kappa shape index (κ2) is 8.62. The Morgan fingerprint density at radius 3 is 2.42 bits per heavy atom. The van der Waals surface area contributed by atoms with E-state index in [1.54, 1.807) is 44.6 Å².